The first-order valence-corrected chi connectivity index (χ1v) is 16.3. The van der Waals surface area contributed by atoms with Crippen molar-refractivity contribution in [2.45, 2.75) is 32.2 Å². The van der Waals surface area contributed by atoms with Crippen molar-refractivity contribution in [2.75, 3.05) is 91.7 Å². The molecule has 1 aromatic rings. The van der Waals surface area contributed by atoms with E-state index in [4.69, 9.17) is 10.5 Å². The average Bonchev–Trinajstić information content (AvgIpc) is 3.03. The van der Waals surface area contributed by atoms with Crippen molar-refractivity contribution in [1.82, 2.24) is 24.9 Å². The summed E-state index contributed by atoms with van der Waals surface area (Å²) in [7, 11) is 0. The molecule has 0 aliphatic carbocycles. The lowest BCUT2D eigenvalue weighted by atomic mass is 9.84. The number of benzene rings is 1. The van der Waals surface area contributed by atoms with Gasteiger partial charge in [0.1, 0.15) is 18.4 Å². The maximum atomic E-state index is 12.7. The van der Waals surface area contributed by atoms with Gasteiger partial charge in [0.2, 0.25) is 5.91 Å². The Morgan fingerprint density at radius 1 is 0.780 bits per heavy atom. The standard InChI is InChI=1S/C32H50N6O12/c1-32(22-33,31(48)49)18-23-2-4-24(5-3-23)50-17-8-34-26(39)7-6-25(30(46)47)38-15-13-36(20-28(42)43)11-9-35(19-27(40)41)10-12-37(14-16-38)21-29(44)45/h2-5,25H,6-22,33H2,1H3,(H,34,39)(H,40,41)(H,42,43)(H,44,45)(H,46,47)(H,48,49)/t25-,32+/m1/s1. The molecule has 0 radical (unpaired) electrons. The molecule has 1 aliphatic heterocycles. The SMILES string of the molecule is C[C@@](CN)(Cc1ccc(OCCNC(=O)CC[C@H](C(=O)O)N2CCN(CC(=O)O)CCN(CC(=O)O)CCN(CC(=O)O)CC2)cc1)C(=O)O. The van der Waals surface area contributed by atoms with E-state index in [1.54, 1.807) is 50.8 Å². The third kappa shape index (κ3) is 15.5. The summed E-state index contributed by atoms with van der Waals surface area (Å²) in [6.45, 7) is 2.14. The first kappa shape index (κ1) is 41.8. The summed E-state index contributed by atoms with van der Waals surface area (Å²) in [5.74, 6) is -5.33. The Morgan fingerprint density at radius 2 is 1.24 bits per heavy atom. The number of nitrogens with zero attached hydrogens (tertiary/aromatic N) is 4. The van der Waals surface area contributed by atoms with Gasteiger partial charge < -0.3 is 41.3 Å². The number of carboxylic acids is 5. The van der Waals surface area contributed by atoms with Crippen LogP contribution in [-0.4, -0.2) is 179 Å². The fourth-order valence-electron chi connectivity index (χ4n) is 5.48. The highest BCUT2D eigenvalue weighted by atomic mass is 16.5. The second-order valence-electron chi connectivity index (χ2n) is 12.5. The number of nitrogens with one attached hydrogen (secondary N) is 1. The van der Waals surface area contributed by atoms with Crippen LogP contribution in [0.5, 0.6) is 5.75 Å². The average molecular weight is 711 g/mol. The smallest absolute Gasteiger partial charge is 0.320 e. The van der Waals surface area contributed by atoms with E-state index in [9.17, 15) is 54.3 Å². The van der Waals surface area contributed by atoms with Gasteiger partial charge in [-0.2, -0.15) is 0 Å². The molecule has 280 valence electrons. The molecule has 2 rings (SSSR count). The summed E-state index contributed by atoms with van der Waals surface area (Å²) < 4.78 is 5.66. The molecule has 0 unspecified atom stereocenters. The van der Waals surface area contributed by atoms with Crippen molar-refractivity contribution >= 4 is 35.8 Å². The molecule has 1 amide bonds. The molecular formula is C32H50N6O12. The van der Waals surface area contributed by atoms with E-state index in [0.29, 0.717) is 5.75 Å². The van der Waals surface area contributed by atoms with Crippen molar-refractivity contribution in [1.29, 1.82) is 0 Å². The summed E-state index contributed by atoms with van der Waals surface area (Å²) in [5, 5.41) is 50.4. The molecule has 0 spiro atoms. The largest absolute Gasteiger partial charge is 0.492 e. The van der Waals surface area contributed by atoms with Crippen LogP contribution in [0.15, 0.2) is 24.3 Å². The Kier molecular flexibility index (Phi) is 17.6. The Balaban J connectivity index is 1.99. The summed E-state index contributed by atoms with van der Waals surface area (Å²) >= 11 is 0. The van der Waals surface area contributed by atoms with E-state index in [1.807, 2.05) is 0 Å². The number of ether oxygens (including phenoxy) is 1. The van der Waals surface area contributed by atoms with Gasteiger partial charge in [0.15, 0.2) is 0 Å². The minimum absolute atomic E-state index is 0.0150. The molecule has 8 N–H and O–H groups in total. The van der Waals surface area contributed by atoms with Crippen LogP contribution in [-0.2, 0) is 35.2 Å². The molecule has 1 fully saturated rings. The van der Waals surface area contributed by atoms with Crippen LogP contribution in [0.1, 0.15) is 25.3 Å². The molecular weight excluding hydrogens is 660 g/mol. The number of aliphatic carboxylic acids is 5. The lowest BCUT2D eigenvalue weighted by Crippen LogP contribution is -2.52. The molecule has 18 heteroatoms. The van der Waals surface area contributed by atoms with Crippen molar-refractivity contribution < 1.29 is 59.0 Å². The van der Waals surface area contributed by atoms with E-state index in [2.05, 4.69) is 5.32 Å². The zero-order valence-corrected chi connectivity index (χ0v) is 28.4. The fraction of sp³-hybridized carbons (Fsp3) is 0.625. The van der Waals surface area contributed by atoms with Gasteiger partial charge in [-0.25, -0.2) is 0 Å². The lowest BCUT2D eigenvalue weighted by Gasteiger charge is -2.35. The molecule has 1 saturated heterocycles. The highest BCUT2D eigenvalue weighted by Crippen LogP contribution is 2.23. The molecule has 2 atom stereocenters. The number of carbonyl (C=O) groups excluding carboxylic acids is 1. The van der Waals surface area contributed by atoms with Gasteiger partial charge in [-0.3, -0.25) is 48.4 Å². The Bertz CT molecular complexity index is 1270. The molecule has 0 saturated carbocycles. The quantitative estimate of drug-likeness (QED) is 0.0804. The number of carboxylic acid groups (broad SMARTS) is 5. The van der Waals surface area contributed by atoms with Gasteiger partial charge in [0, 0.05) is 65.3 Å². The van der Waals surface area contributed by atoms with Crippen molar-refractivity contribution in [2.24, 2.45) is 11.1 Å². The van der Waals surface area contributed by atoms with Gasteiger partial charge in [-0.15, -0.1) is 0 Å². The fourth-order valence-corrected chi connectivity index (χ4v) is 5.48. The van der Waals surface area contributed by atoms with Crippen LogP contribution in [0.25, 0.3) is 0 Å². The van der Waals surface area contributed by atoms with E-state index in [-0.39, 0.29) is 111 Å². The number of amides is 1. The maximum Gasteiger partial charge on any atom is 0.320 e. The molecule has 0 bridgehead atoms. The van der Waals surface area contributed by atoms with Crippen LogP contribution < -0.4 is 15.8 Å². The first-order chi connectivity index (χ1) is 23.6. The zero-order valence-electron chi connectivity index (χ0n) is 28.4. The minimum atomic E-state index is -1.19. The summed E-state index contributed by atoms with van der Waals surface area (Å²) in [5.41, 5.74) is 5.33. The summed E-state index contributed by atoms with van der Waals surface area (Å²) in [4.78, 5) is 77.4. The third-order valence-electron chi connectivity index (χ3n) is 8.50. The normalized spacial score (nSPS) is 17.7. The van der Waals surface area contributed by atoms with Crippen LogP contribution >= 0.6 is 0 Å². The highest BCUT2D eigenvalue weighted by molar-refractivity contribution is 5.78. The predicted molar refractivity (Wildman–Crippen MR) is 178 cm³/mol. The van der Waals surface area contributed by atoms with E-state index < -0.39 is 47.2 Å². The number of carbonyl (C=O) groups is 6. The van der Waals surface area contributed by atoms with Gasteiger partial charge in [0.05, 0.1) is 31.6 Å². The van der Waals surface area contributed by atoms with Gasteiger partial charge in [-0.1, -0.05) is 12.1 Å². The second-order valence-corrected chi connectivity index (χ2v) is 12.5. The Labute approximate surface area is 290 Å². The maximum absolute atomic E-state index is 12.7. The van der Waals surface area contributed by atoms with E-state index in [0.717, 1.165) is 5.56 Å². The van der Waals surface area contributed by atoms with Crippen LogP contribution in [0.2, 0.25) is 0 Å². The van der Waals surface area contributed by atoms with Crippen molar-refractivity contribution in [3.05, 3.63) is 29.8 Å². The van der Waals surface area contributed by atoms with E-state index >= 15 is 0 Å². The van der Waals surface area contributed by atoms with E-state index in [1.165, 1.54) is 0 Å². The van der Waals surface area contributed by atoms with Gasteiger partial charge in [0.25, 0.3) is 0 Å². The predicted octanol–water partition coefficient (Wildman–Crippen LogP) is -1.52. The zero-order chi connectivity index (χ0) is 37.3. The Hall–Kier alpha value is -4.36. The van der Waals surface area contributed by atoms with Crippen LogP contribution in [0.3, 0.4) is 0 Å². The molecule has 50 heavy (non-hydrogen) atoms. The number of nitrogens with two attached hydrogens (primary N) is 1. The Morgan fingerprint density at radius 3 is 1.64 bits per heavy atom. The molecule has 1 aromatic carbocycles. The number of hydrogen-bond acceptors (Lipinski definition) is 12. The van der Waals surface area contributed by atoms with Crippen LogP contribution in [0.4, 0.5) is 0 Å². The summed E-state index contributed by atoms with van der Waals surface area (Å²) in [6.07, 6.45) is 0.0533. The van der Waals surface area contributed by atoms with Gasteiger partial charge in [-0.05, 0) is 37.5 Å². The molecule has 0 aromatic heterocycles. The minimum Gasteiger partial charge on any atom is -0.492 e. The lowest BCUT2D eigenvalue weighted by molar-refractivity contribution is -0.147. The van der Waals surface area contributed by atoms with Crippen LogP contribution in [0, 0.1) is 5.41 Å². The topological polar surface area (TPSA) is 264 Å². The van der Waals surface area contributed by atoms with Crippen molar-refractivity contribution in [3.63, 3.8) is 0 Å². The highest BCUT2D eigenvalue weighted by Gasteiger charge is 2.32. The number of rotatable bonds is 19. The second kappa shape index (κ2) is 21.0. The summed E-state index contributed by atoms with van der Waals surface area (Å²) in [6, 6.07) is 5.73. The number of hydrogen-bond donors (Lipinski definition) is 7. The molecule has 1 heterocycles. The third-order valence-corrected chi connectivity index (χ3v) is 8.50. The molecule has 18 nitrogen and oxygen atoms in total. The monoisotopic (exact) mass is 710 g/mol. The first-order valence-electron chi connectivity index (χ1n) is 16.3. The van der Waals surface area contributed by atoms with Crippen molar-refractivity contribution in [3.8, 4) is 5.75 Å². The van der Waals surface area contributed by atoms with Gasteiger partial charge >= 0.3 is 29.8 Å². The molecule has 1 aliphatic rings.